The number of sulfonamides is 1. The van der Waals surface area contributed by atoms with Crippen molar-refractivity contribution in [2.45, 2.75) is 24.9 Å². The third kappa shape index (κ3) is 4.98. The van der Waals surface area contributed by atoms with Gasteiger partial charge in [0.25, 0.3) is 10.0 Å². The minimum absolute atomic E-state index is 0.0327. The maximum atomic E-state index is 14.2. The lowest BCUT2D eigenvalue weighted by Crippen LogP contribution is -2.14. The number of anilines is 1. The number of benzene rings is 3. The van der Waals surface area contributed by atoms with Gasteiger partial charge in [-0.2, -0.15) is 13.2 Å². The summed E-state index contributed by atoms with van der Waals surface area (Å²) in [5.74, 6) is -5.93. The number of ether oxygens (including phenoxy) is 1. The van der Waals surface area contributed by atoms with Gasteiger partial charge in [-0.25, -0.2) is 21.6 Å². The Kier molecular flexibility index (Phi) is 6.14. The lowest BCUT2D eigenvalue weighted by atomic mass is 10.1. The van der Waals surface area contributed by atoms with E-state index in [4.69, 9.17) is 4.74 Å². The number of rotatable bonds is 5. The molecule has 3 rings (SSSR count). The van der Waals surface area contributed by atoms with E-state index in [1.165, 1.54) is 31.2 Å². The molecule has 4 nitrogen and oxygen atoms in total. The van der Waals surface area contributed by atoms with E-state index < -0.39 is 56.4 Å². The van der Waals surface area contributed by atoms with E-state index in [-0.39, 0.29) is 22.6 Å². The molecule has 32 heavy (non-hydrogen) atoms. The summed E-state index contributed by atoms with van der Waals surface area (Å²) >= 11 is 0. The quantitative estimate of drug-likeness (QED) is 0.439. The maximum Gasteiger partial charge on any atom is 0.416 e. The predicted molar refractivity (Wildman–Crippen MR) is 105 cm³/mol. The van der Waals surface area contributed by atoms with Gasteiger partial charge in [0.15, 0.2) is 23.1 Å². The van der Waals surface area contributed by atoms with Crippen molar-refractivity contribution in [2.24, 2.45) is 0 Å². The molecule has 0 aliphatic carbocycles. The van der Waals surface area contributed by atoms with Gasteiger partial charge in [-0.3, -0.25) is 4.72 Å². The summed E-state index contributed by atoms with van der Waals surface area (Å²) in [7, 11) is -4.25. The summed E-state index contributed by atoms with van der Waals surface area (Å²) in [5.41, 5.74) is -1.36. The van der Waals surface area contributed by atoms with Crippen LogP contribution in [0.1, 0.15) is 16.7 Å². The van der Waals surface area contributed by atoms with Crippen molar-refractivity contribution >= 4 is 15.7 Å². The van der Waals surface area contributed by atoms with Crippen LogP contribution in [-0.4, -0.2) is 8.42 Å². The Morgan fingerprint density at radius 3 is 1.94 bits per heavy atom. The molecular formula is C21H15F6NO3S. The smallest absolute Gasteiger partial charge is 0.416 e. The number of aryl methyl sites for hydroxylation is 2. The Morgan fingerprint density at radius 2 is 1.41 bits per heavy atom. The van der Waals surface area contributed by atoms with Crippen LogP contribution in [0, 0.1) is 31.3 Å². The van der Waals surface area contributed by atoms with Crippen LogP contribution >= 0.6 is 0 Å². The predicted octanol–water partition coefficient (Wildman–Crippen LogP) is 6.33. The summed E-state index contributed by atoms with van der Waals surface area (Å²) < 4.78 is 113. The van der Waals surface area contributed by atoms with E-state index in [0.29, 0.717) is 0 Å². The molecule has 0 unspecified atom stereocenters. The highest BCUT2D eigenvalue weighted by Crippen LogP contribution is 2.38. The molecule has 0 fully saturated rings. The molecule has 0 saturated carbocycles. The first-order chi connectivity index (χ1) is 14.8. The first-order valence-electron chi connectivity index (χ1n) is 8.91. The number of nitrogens with one attached hydrogen (secondary N) is 1. The third-order valence-corrected chi connectivity index (χ3v) is 5.76. The Hall–Kier alpha value is -3.21. The molecule has 0 atom stereocenters. The summed E-state index contributed by atoms with van der Waals surface area (Å²) in [5, 5.41) is 0. The fourth-order valence-corrected chi connectivity index (χ4v) is 3.73. The van der Waals surface area contributed by atoms with Crippen LogP contribution < -0.4 is 9.46 Å². The first-order valence-corrected chi connectivity index (χ1v) is 10.4. The highest BCUT2D eigenvalue weighted by molar-refractivity contribution is 7.92. The van der Waals surface area contributed by atoms with Gasteiger partial charge < -0.3 is 4.74 Å². The van der Waals surface area contributed by atoms with E-state index in [9.17, 15) is 34.8 Å². The van der Waals surface area contributed by atoms with Gasteiger partial charge in [-0.15, -0.1) is 0 Å². The zero-order valence-corrected chi connectivity index (χ0v) is 17.3. The topological polar surface area (TPSA) is 55.4 Å². The number of hydrogen-bond donors (Lipinski definition) is 1. The van der Waals surface area contributed by atoms with Crippen molar-refractivity contribution < 1.29 is 39.5 Å². The molecular weight excluding hydrogens is 460 g/mol. The number of hydrogen-bond acceptors (Lipinski definition) is 3. The van der Waals surface area contributed by atoms with Crippen LogP contribution in [0.2, 0.25) is 0 Å². The SMILES string of the molecule is Cc1ccc(S(=O)(=O)Nc2cc(F)c(C)cc2Oc2c(F)cc(C(F)(F)F)cc2F)cc1. The number of alkyl halides is 3. The molecule has 11 heteroatoms. The van der Waals surface area contributed by atoms with Gasteiger partial charge in [-0.1, -0.05) is 17.7 Å². The van der Waals surface area contributed by atoms with Crippen LogP contribution in [0.4, 0.5) is 32.0 Å². The summed E-state index contributed by atoms with van der Waals surface area (Å²) in [4.78, 5) is -0.179. The van der Waals surface area contributed by atoms with Crippen LogP contribution in [0.15, 0.2) is 53.4 Å². The molecule has 0 saturated heterocycles. The molecule has 0 radical (unpaired) electrons. The first kappa shape index (κ1) is 23.5. The standard InChI is InChI=1S/C21H15F6NO3S/c1-11-3-5-14(6-4-11)32(29,30)28-18-10-15(22)12(2)7-19(18)31-20-16(23)8-13(9-17(20)24)21(25,26)27/h3-10,28H,1-2H3. The van der Waals surface area contributed by atoms with E-state index in [1.807, 2.05) is 0 Å². The summed E-state index contributed by atoms with van der Waals surface area (Å²) in [6, 6.07) is 7.38. The van der Waals surface area contributed by atoms with Gasteiger partial charge in [0, 0.05) is 6.07 Å². The lowest BCUT2D eigenvalue weighted by molar-refractivity contribution is -0.138. The summed E-state index contributed by atoms with van der Waals surface area (Å²) in [6.07, 6.45) is -5.00. The van der Waals surface area contributed by atoms with Crippen LogP contribution in [0.25, 0.3) is 0 Å². The van der Waals surface area contributed by atoms with Crippen LogP contribution in [-0.2, 0) is 16.2 Å². The monoisotopic (exact) mass is 475 g/mol. The Bertz CT molecular complexity index is 1250. The van der Waals surface area contributed by atoms with Crippen molar-refractivity contribution in [3.63, 3.8) is 0 Å². The Balaban J connectivity index is 2.04. The normalized spacial score (nSPS) is 12.0. The van der Waals surface area contributed by atoms with E-state index in [0.717, 1.165) is 17.7 Å². The minimum atomic E-state index is -5.00. The molecule has 3 aromatic rings. The zero-order chi connectivity index (χ0) is 23.8. The molecule has 0 aliphatic rings. The van der Waals surface area contributed by atoms with Crippen molar-refractivity contribution in [3.05, 3.63) is 82.7 Å². The lowest BCUT2D eigenvalue weighted by Gasteiger charge is -2.16. The van der Waals surface area contributed by atoms with E-state index >= 15 is 0 Å². The third-order valence-electron chi connectivity index (χ3n) is 4.37. The van der Waals surface area contributed by atoms with Gasteiger partial charge in [0.2, 0.25) is 0 Å². The molecule has 0 spiro atoms. The molecule has 0 heterocycles. The van der Waals surface area contributed by atoms with Gasteiger partial charge >= 0.3 is 6.18 Å². The molecule has 0 aliphatic heterocycles. The molecule has 170 valence electrons. The van der Waals surface area contributed by atoms with Crippen molar-refractivity contribution in [2.75, 3.05) is 4.72 Å². The molecule has 0 aromatic heterocycles. The van der Waals surface area contributed by atoms with Gasteiger partial charge in [0.1, 0.15) is 5.82 Å². The fourth-order valence-electron chi connectivity index (χ4n) is 2.67. The second-order valence-corrected chi connectivity index (χ2v) is 8.57. The fraction of sp³-hybridized carbons (Fsp3) is 0.143. The average molecular weight is 475 g/mol. The van der Waals surface area contributed by atoms with Crippen molar-refractivity contribution in [1.82, 2.24) is 0 Å². The van der Waals surface area contributed by atoms with Gasteiger partial charge in [-0.05, 0) is 49.7 Å². The summed E-state index contributed by atoms with van der Waals surface area (Å²) in [6.45, 7) is 3.01. The Morgan fingerprint density at radius 1 is 0.844 bits per heavy atom. The highest BCUT2D eigenvalue weighted by atomic mass is 32.2. The highest BCUT2D eigenvalue weighted by Gasteiger charge is 2.33. The van der Waals surface area contributed by atoms with Crippen molar-refractivity contribution in [1.29, 1.82) is 0 Å². The molecule has 3 aromatic carbocycles. The van der Waals surface area contributed by atoms with Crippen LogP contribution in [0.5, 0.6) is 11.5 Å². The second-order valence-electron chi connectivity index (χ2n) is 6.88. The number of halogens is 6. The van der Waals surface area contributed by atoms with Crippen molar-refractivity contribution in [3.8, 4) is 11.5 Å². The molecule has 1 N–H and O–H groups in total. The van der Waals surface area contributed by atoms with E-state index in [2.05, 4.69) is 4.72 Å². The second kappa shape index (κ2) is 8.38. The Labute approximate surface area is 179 Å². The maximum absolute atomic E-state index is 14.2. The molecule has 0 amide bonds. The molecule has 0 bridgehead atoms. The average Bonchev–Trinajstić information content (AvgIpc) is 2.67. The largest absolute Gasteiger partial charge is 0.449 e. The van der Waals surface area contributed by atoms with E-state index in [1.54, 1.807) is 6.92 Å². The zero-order valence-electron chi connectivity index (χ0n) is 16.5. The van der Waals surface area contributed by atoms with Gasteiger partial charge in [0.05, 0.1) is 16.1 Å². The van der Waals surface area contributed by atoms with Crippen LogP contribution in [0.3, 0.4) is 0 Å². The minimum Gasteiger partial charge on any atom is -0.449 e.